The Hall–Kier alpha value is -1.02. The van der Waals surface area contributed by atoms with E-state index in [1.165, 1.54) is 19.3 Å². The summed E-state index contributed by atoms with van der Waals surface area (Å²) in [5, 5.41) is 0. The van der Waals surface area contributed by atoms with E-state index in [1.54, 1.807) is 0 Å². The Bertz CT molecular complexity index is 317. The molecular weight excluding hydrogens is 198 g/mol. The summed E-state index contributed by atoms with van der Waals surface area (Å²) in [5.41, 5.74) is 6.43. The molecule has 0 heterocycles. The maximum absolute atomic E-state index is 5.99. The van der Waals surface area contributed by atoms with E-state index in [0.29, 0.717) is 11.5 Å². The number of rotatable bonds is 6. The molecule has 2 N–H and O–H groups in total. The van der Waals surface area contributed by atoms with Gasteiger partial charge in [0.15, 0.2) is 0 Å². The van der Waals surface area contributed by atoms with Crippen molar-refractivity contribution in [1.29, 1.82) is 0 Å². The van der Waals surface area contributed by atoms with Gasteiger partial charge < -0.3 is 10.5 Å². The van der Waals surface area contributed by atoms with Crippen LogP contribution in [0.4, 0.5) is 0 Å². The Balaban J connectivity index is 1.66. The van der Waals surface area contributed by atoms with Crippen LogP contribution in [0, 0.1) is 5.41 Å². The zero-order chi connectivity index (χ0) is 11.4. The van der Waals surface area contributed by atoms with Crippen LogP contribution in [0.5, 0.6) is 5.75 Å². The molecule has 0 saturated heterocycles. The minimum absolute atomic E-state index is 0.337. The molecule has 1 aromatic carbocycles. The SMILES string of the molecule is CC(N)C1(CCCOc2ccccc2)CC1. The van der Waals surface area contributed by atoms with E-state index < -0.39 is 0 Å². The number of hydrogen-bond acceptors (Lipinski definition) is 2. The van der Waals surface area contributed by atoms with E-state index in [9.17, 15) is 0 Å². The molecule has 1 saturated carbocycles. The molecule has 0 aliphatic heterocycles. The maximum atomic E-state index is 5.99. The van der Waals surface area contributed by atoms with Crippen LogP contribution in [0.2, 0.25) is 0 Å². The fourth-order valence-corrected chi connectivity index (χ4v) is 2.22. The normalized spacial score (nSPS) is 19.1. The monoisotopic (exact) mass is 219 g/mol. The first-order valence-electron chi connectivity index (χ1n) is 6.16. The Morgan fingerprint density at radius 3 is 2.56 bits per heavy atom. The van der Waals surface area contributed by atoms with Crippen LogP contribution < -0.4 is 10.5 Å². The largest absolute Gasteiger partial charge is 0.494 e. The minimum atomic E-state index is 0.337. The summed E-state index contributed by atoms with van der Waals surface area (Å²) in [4.78, 5) is 0. The van der Waals surface area contributed by atoms with E-state index in [2.05, 4.69) is 6.92 Å². The first-order valence-corrected chi connectivity index (χ1v) is 6.16. The van der Waals surface area contributed by atoms with Gasteiger partial charge in [-0.2, -0.15) is 0 Å². The predicted molar refractivity (Wildman–Crippen MR) is 66.5 cm³/mol. The summed E-state index contributed by atoms with van der Waals surface area (Å²) in [6.45, 7) is 2.93. The molecule has 0 aromatic heterocycles. The lowest BCUT2D eigenvalue weighted by Crippen LogP contribution is -2.28. The van der Waals surface area contributed by atoms with Crippen LogP contribution in [0.3, 0.4) is 0 Å². The van der Waals surface area contributed by atoms with Gasteiger partial charge in [0.1, 0.15) is 5.75 Å². The third-order valence-electron chi connectivity index (χ3n) is 3.69. The number of benzene rings is 1. The Labute approximate surface area is 97.8 Å². The average molecular weight is 219 g/mol. The van der Waals surface area contributed by atoms with Crippen molar-refractivity contribution in [1.82, 2.24) is 0 Å². The second-order valence-electron chi connectivity index (χ2n) is 4.92. The standard InChI is InChI=1S/C14H21NO/c1-12(15)14(9-10-14)8-5-11-16-13-6-3-2-4-7-13/h2-4,6-7,12H,5,8-11,15H2,1H3. The van der Waals surface area contributed by atoms with E-state index >= 15 is 0 Å². The summed E-state index contributed by atoms with van der Waals surface area (Å²) < 4.78 is 5.67. The molecule has 0 amide bonds. The van der Waals surface area contributed by atoms with Crippen molar-refractivity contribution in [2.75, 3.05) is 6.61 Å². The minimum Gasteiger partial charge on any atom is -0.494 e. The van der Waals surface area contributed by atoms with E-state index in [-0.39, 0.29) is 0 Å². The second-order valence-corrected chi connectivity index (χ2v) is 4.92. The van der Waals surface area contributed by atoms with Crippen molar-refractivity contribution in [3.05, 3.63) is 30.3 Å². The van der Waals surface area contributed by atoms with Gasteiger partial charge >= 0.3 is 0 Å². The first kappa shape index (κ1) is 11.5. The second kappa shape index (κ2) is 4.88. The first-order chi connectivity index (χ1) is 7.73. The van der Waals surface area contributed by atoms with Crippen LogP contribution in [0.15, 0.2) is 30.3 Å². The van der Waals surface area contributed by atoms with Gasteiger partial charge in [0, 0.05) is 6.04 Å². The zero-order valence-corrected chi connectivity index (χ0v) is 9.99. The molecule has 0 spiro atoms. The lowest BCUT2D eigenvalue weighted by atomic mass is 9.93. The Kier molecular flexibility index (Phi) is 3.49. The van der Waals surface area contributed by atoms with E-state index in [4.69, 9.17) is 10.5 Å². The molecule has 1 aliphatic carbocycles. The van der Waals surface area contributed by atoms with Gasteiger partial charge in [-0.1, -0.05) is 18.2 Å². The van der Waals surface area contributed by atoms with Crippen molar-refractivity contribution in [2.24, 2.45) is 11.1 Å². The highest BCUT2D eigenvalue weighted by Crippen LogP contribution is 2.51. The molecule has 1 unspecified atom stereocenters. The van der Waals surface area contributed by atoms with Crippen molar-refractivity contribution in [3.63, 3.8) is 0 Å². The van der Waals surface area contributed by atoms with E-state index in [0.717, 1.165) is 18.8 Å². The average Bonchev–Trinajstić information content (AvgIpc) is 3.07. The fraction of sp³-hybridized carbons (Fsp3) is 0.571. The molecule has 1 atom stereocenters. The Morgan fingerprint density at radius 2 is 2.00 bits per heavy atom. The van der Waals surface area contributed by atoms with Gasteiger partial charge in [0.05, 0.1) is 6.61 Å². The summed E-state index contributed by atoms with van der Waals surface area (Å²) in [7, 11) is 0. The highest BCUT2D eigenvalue weighted by Gasteiger charge is 2.44. The molecule has 0 radical (unpaired) electrons. The van der Waals surface area contributed by atoms with Gasteiger partial charge in [-0.3, -0.25) is 0 Å². The van der Waals surface area contributed by atoms with Gasteiger partial charge in [-0.05, 0) is 50.2 Å². The third-order valence-corrected chi connectivity index (χ3v) is 3.69. The molecule has 1 fully saturated rings. The van der Waals surface area contributed by atoms with Crippen LogP contribution in [-0.2, 0) is 0 Å². The molecular formula is C14H21NO. The molecule has 1 aromatic rings. The van der Waals surface area contributed by atoms with Gasteiger partial charge in [-0.15, -0.1) is 0 Å². The molecule has 88 valence electrons. The summed E-state index contributed by atoms with van der Waals surface area (Å²) in [6, 6.07) is 10.3. The predicted octanol–water partition coefficient (Wildman–Crippen LogP) is 2.97. The van der Waals surface area contributed by atoms with Gasteiger partial charge in [0.25, 0.3) is 0 Å². The van der Waals surface area contributed by atoms with Crippen molar-refractivity contribution in [2.45, 2.75) is 38.6 Å². The lowest BCUT2D eigenvalue weighted by molar-refractivity contribution is 0.276. The molecule has 16 heavy (non-hydrogen) atoms. The maximum Gasteiger partial charge on any atom is 0.119 e. The smallest absolute Gasteiger partial charge is 0.119 e. The van der Waals surface area contributed by atoms with Crippen LogP contribution >= 0.6 is 0 Å². The summed E-state index contributed by atoms with van der Waals surface area (Å²) >= 11 is 0. The number of nitrogens with two attached hydrogens (primary N) is 1. The van der Waals surface area contributed by atoms with Gasteiger partial charge in [0.2, 0.25) is 0 Å². The topological polar surface area (TPSA) is 35.2 Å². The lowest BCUT2D eigenvalue weighted by Gasteiger charge is -2.19. The summed E-state index contributed by atoms with van der Waals surface area (Å²) in [5.74, 6) is 0.966. The summed E-state index contributed by atoms with van der Waals surface area (Å²) in [6.07, 6.45) is 4.92. The third kappa shape index (κ3) is 2.76. The van der Waals surface area contributed by atoms with Crippen molar-refractivity contribution in [3.8, 4) is 5.75 Å². The van der Waals surface area contributed by atoms with Crippen molar-refractivity contribution >= 4 is 0 Å². The molecule has 2 heteroatoms. The molecule has 1 aliphatic rings. The fourth-order valence-electron chi connectivity index (χ4n) is 2.22. The molecule has 2 nitrogen and oxygen atoms in total. The van der Waals surface area contributed by atoms with Crippen molar-refractivity contribution < 1.29 is 4.74 Å². The highest BCUT2D eigenvalue weighted by molar-refractivity contribution is 5.20. The zero-order valence-electron chi connectivity index (χ0n) is 9.99. The van der Waals surface area contributed by atoms with Gasteiger partial charge in [-0.25, -0.2) is 0 Å². The number of para-hydroxylation sites is 1. The highest BCUT2D eigenvalue weighted by atomic mass is 16.5. The van der Waals surface area contributed by atoms with Crippen LogP contribution in [0.1, 0.15) is 32.6 Å². The molecule has 0 bridgehead atoms. The quantitative estimate of drug-likeness (QED) is 0.746. The Morgan fingerprint density at radius 1 is 1.31 bits per heavy atom. The number of ether oxygens (including phenoxy) is 1. The number of hydrogen-bond donors (Lipinski definition) is 1. The molecule has 2 rings (SSSR count). The van der Waals surface area contributed by atoms with E-state index in [1.807, 2.05) is 30.3 Å². The van der Waals surface area contributed by atoms with Crippen LogP contribution in [0.25, 0.3) is 0 Å². The van der Waals surface area contributed by atoms with Crippen LogP contribution in [-0.4, -0.2) is 12.6 Å².